The first kappa shape index (κ1) is 17.3. The topological polar surface area (TPSA) is 139 Å². The van der Waals surface area contributed by atoms with E-state index in [0.29, 0.717) is 0 Å². The summed E-state index contributed by atoms with van der Waals surface area (Å²) in [5, 5.41) is 41.6. The number of aliphatic carboxylic acids is 2. The summed E-state index contributed by atoms with van der Waals surface area (Å²) in [5.41, 5.74) is -0.740. The molecule has 0 aromatic carbocycles. The van der Waals surface area contributed by atoms with Crippen molar-refractivity contribution in [1.29, 1.82) is 5.26 Å². The van der Waals surface area contributed by atoms with Gasteiger partial charge in [-0.2, -0.15) is 5.26 Å². The number of nitriles is 1. The largest absolute Gasteiger partial charge is 0.511 e. The van der Waals surface area contributed by atoms with Crippen LogP contribution in [0.25, 0.3) is 0 Å². The summed E-state index contributed by atoms with van der Waals surface area (Å²) in [6.07, 6.45) is -0.205. The van der Waals surface area contributed by atoms with E-state index < -0.39 is 23.3 Å². The Balaban J connectivity index is 0. The van der Waals surface area contributed by atoms with Crippen molar-refractivity contribution in [3.05, 3.63) is 11.3 Å². The maximum Gasteiger partial charge on any atom is 0.349 e. The normalized spacial score (nSPS) is 10.4. The van der Waals surface area contributed by atoms with E-state index >= 15 is 0 Å². The Hall–Kier alpha value is -2.07. The van der Waals surface area contributed by atoms with Crippen molar-refractivity contribution in [3.8, 4) is 6.07 Å². The summed E-state index contributed by atoms with van der Waals surface area (Å²) in [6, 6.07) is 1.32. The zero-order valence-electron chi connectivity index (χ0n) is 9.38. The van der Waals surface area contributed by atoms with Crippen LogP contribution in [0.3, 0.4) is 0 Å². The van der Waals surface area contributed by atoms with Crippen LogP contribution in [0, 0.1) is 11.3 Å². The molecule has 0 radical (unpaired) electrons. The summed E-state index contributed by atoms with van der Waals surface area (Å²) < 4.78 is 0. The van der Waals surface area contributed by atoms with Crippen LogP contribution in [0.4, 0.5) is 0 Å². The van der Waals surface area contributed by atoms with Crippen molar-refractivity contribution in [2.45, 2.75) is 26.2 Å². The highest BCUT2D eigenvalue weighted by molar-refractivity contribution is 5.91. The number of carboxylic acid groups (broad SMARTS) is 2. The number of carboxylic acids is 2. The van der Waals surface area contributed by atoms with Crippen LogP contribution < -0.4 is 0 Å². The highest BCUT2D eigenvalue weighted by atomic mass is 16.4. The van der Waals surface area contributed by atoms with E-state index in [0.717, 1.165) is 0 Å². The van der Waals surface area contributed by atoms with Gasteiger partial charge in [-0.25, -0.2) is 4.79 Å². The molecule has 0 atom stereocenters. The fraction of sp³-hybridized carbons (Fsp3) is 0.500. The maximum atomic E-state index is 10.3. The minimum absolute atomic E-state index is 0.0969. The lowest BCUT2D eigenvalue weighted by Crippen LogP contribution is -2.03. The van der Waals surface area contributed by atoms with Crippen molar-refractivity contribution < 1.29 is 30.0 Å². The van der Waals surface area contributed by atoms with Crippen molar-refractivity contribution >= 4 is 11.9 Å². The van der Waals surface area contributed by atoms with Crippen LogP contribution in [0.15, 0.2) is 11.3 Å². The second-order valence-corrected chi connectivity index (χ2v) is 2.80. The van der Waals surface area contributed by atoms with Gasteiger partial charge in [-0.15, -0.1) is 0 Å². The Morgan fingerprint density at radius 1 is 1.18 bits per heavy atom. The molecule has 7 nitrogen and oxygen atoms in total. The summed E-state index contributed by atoms with van der Waals surface area (Å²) >= 11 is 0. The molecule has 0 rings (SSSR count). The molecule has 0 unspecified atom stereocenters. The van der Waals surface area contributed by atoms with E-state index in [2.05, 4.69) is 0 Å². The monoisotopic (exact) mass is 245 g/mol. The first-order valence-electron chi connectivity index (χ1n) is 4.78. The van der Waals surface area contributed by atoms with Crippen LogP contribution in [0.1, 0.15) is 26.2 Å². The highest BCUT2D eigenvalue weighted by Crippen LogP contribution is 2.09. The summed E-state index contributed by atoms with van der Waals surface area (Å²) in [6.45, 7) is 1.93. The molecule has 0 aliphatic heterocycles. The molecule has 0 fully saturated rings. The minimum Gasteiger partial charge on any atom is -0.511 e. The molecule has 0 bridgehead atoms. The number of rotatable bonds is 5. The van der Waals surface area contributed by atoms with Crippen molar-refractivity contribution in [1.82, 2.24) is 0 Å². The Morgan fingerprint density at radius 2 is 1.65 bits per heavy atom. The second-order valence-electron chi connectivity index (χ2n) is 2.80. The first-order chi connectivity index (χ1) is 7.90. The molecule has 0 aliphatic carbocycles. The average molecular weight is 245 g/mol. The molecular weight excluding hydrogens is 230 g/mol. The molecular formula is C10H15NO6. The molecule has 0 saturated carbocycles. The Bertz CT molecular complexity index is 328. The lowest BCUT2D eigenvalue weighted by atomic mass is 10.1. The zero-order chi connectivity index (χ0) is 13.8. The molecule has 17 heavy (non-hydrogen) atoms. The molecule has 0 saturated heterocycles. The summed E-state index contributed by atoms with van der Waals surface area (Å²) in [5.74, 6) is -3.13. The number of hydrogen-bond acceptors (Lipinski definition) is 5. The first-order valence-corrected chi connectivity index (χ1v) is 4.78. The van der Waals surface area contributed by atoms with Crippen LogP contribution in [-0.2, 0) is 9.59 Å². The van der Waals surface area contributed by atoms with Crippen LogP contribution >= 0.6 is 0 Å². The molecule has 0 spiro atoms. The standard InChI is InChI=1S/C8H9NO5.C2H6O/c9-4-5(8(13)14)6(10)2-1-3-7(11)12;1-2-3/h10H,1-3H2,(H,11,12)(H,13,14);3H,2H2,1H3. The molecule has 4 N–H and O–H groups in total. The maximum absolute atomic E-state index is 10.3. The number of hydrogen-bond donors (Lipinski definition) is 4. The fourth-order valence-electron chi connectivity index (χ4n) is 0.768. The van der Waals surface area contributed by atoms with E-state index in [1.807, 2.05) is 0 Å². The predicted octanol–water partition coefficient (Wildman–Crippen LogP) is 0.660. The van der Waals surface area contributed by atoms with E-state index in [1.165, 1.54) is 6.07 Å². The molecule has 7 heteroatoms. The third kappa shape index (κ3) is 10.2. The van der Waals surface area contributed by atoms with Gasteiger partial charge in [0, 0.05) is 19.4 Å². The van der Waals surface area contributed by atoms with E-state index in [-0.39, 0.29) is 25.9 Å². The molecule has 96 valence electrons. The molecule has 0 aromatic heterocycles. The van der Waals surface area contributed by atoms with Crippen molar-refractivity contribution in [3.63, 3.8) is 0 Å². The lowest BCUT2D eigenvalue weighted by molar-refractivity contribution is -0.137. The highest BCUT2D eigenvalue weighted by Gasteiger charge is 2.13. The van der Waals surface area contributed by atoms with Gasteiger partial charge in [-0.3, -0.25) is 4.79 Å². The number of allylic oxidation sites excluding steroid dienone is 1. The number of carbonyl (C=O) groups is 2. The molecule has 0 aliphatic rings. The predicted molar refractivity (Wildman–Crippen MR) is 57.2 cm³/mol. The number of nitrogens with zero attached hydrogens (tertiary/aromatic N) is 1. The molecule has 0 amide bonds. The Labute approximate surface area is 98.2 Å². The van der Waals surface area contributed by atoms with Gasteiger partial charge in [0.1, 0.15) is 11.8 Å². The van der Waals surface area contributed by atoms with Gasteiger partial charge in [0.25, 0.3) is 0 Å². The van der Waals surface area contributed by atoms with Gasteiger partial charge in [0.05, 0.1) is 0 Å². The van der Waals surface area contributed by atoms with Gasteiger partial charge < -0.3 is 20.4 Å². The third-order valence-corrected chi connectivity index (χ3v) is 1.42. The van der Waals surface area contributed by atoms with Gasteiger partial charge >= 0.3 is 11.9 Å². The van der Waals surface area contributed by atoms with E-state index in [1.54, 1.807) is 6.92 Å². The molecule has 0 heterocycles. The van der Waals surface area contributed by atoms with Gasteiger partial charge in [0.15, 0.2) is 5.57 Å². The average Bonchev–Trinajstić information content (AvgIpc) is 2.18. The SMILES string of the molecule is CCO.N#CC(C(=O)O)=C(O)CCCC(=O)O. The minimum atomic E-state index is -1.51. The number of aliphatic hydroxyl groups excluding tert-OH is 2. The third-order valence-electron chi connectivity index (χ3n) is 1.42. The quantitative estimate of drug-likeness (QED) is 0.317. The second kappa shape index (κ2) is 10.4. The Kier molecular flexibility index (Phi) is 10.6. The lowest BCUT2D eigenvalue weighted by Gasteiger charge is -1.98. The van der Waals surface area contributed by atoms with Gasteiger partial charge in [-0.1, -0.05) is 0 Å². The van der Waals surface area contributed by atoms with Crippen LogP contribution in [0.2, 0.25) is 0 Å². The fourth-order valence-corrected chi connectivity index (χ4v) is 0.768. The smallest absolute Gasteiger partial charge is 0.349 e. The molecule has 0 aromatic rings. The van der Waals surface area contributed by atoms with E-state index in [4.69, 9.17) is 25.7 Å². The van der Waals surface area contributed by atoms with Crippen LogP contribution in [0.5, 0.6) is 0 Å². The van der Waals surface area contributed by atoms with Crippen LogP contribution in [-0.4, -0.2) is 39.0 Å². The zero-order valence-corrected chi connectivity index (χ0v) is 9.38. The van der Waals surface area contributed by atoms with Crippen molar-refractivity contribution in [2.24, 2.45) is 0 Å². The summed E-state index contributed by atoms with van der Waals surface area (Å²) in [4.78, 5) is 20.4. The summed E-state index contributed by atoms with van der Waals surface area (Å²) in [7, 11) is 0. The Morgan fingerprint density at radius 3 is 1.94 bits per heavy atom. The van der Waals surface area contributed by atoms with E-state index in [9.17, 15) is 9.59 Å². The number of aliphatic hydroxyl groups is 2. The van der Waals surface area contributed by atoms with Gasteiger partial charge in [-0.05, 0) is 13.3 Å². The van der Waals surface area contributed by atoms with Gasteiger partial charge in [0.2, 0.25) is 0 Å². The van der Waals surface area contributed by atoms with Crippen molar-refractivity contribution in [2.75, 3.05) is 6.61 Å².